The molecular weight excluding hydrogens is 171 g/mol. The minimum Gasteiger partial charge on any atom is -0.306 e. The Kier molecular flexibility index (Phi) is 0.703. The van der Waals surface area contributed by atoms with Crippen LogP contribution in [0.3, 0.4) is 0 Å². The maximum absolute atomic E-state index is 3.83. The largest absolute Gasteiger partial charge is 1.00 e. The third-order valence-corrected chi connectivity index (χ3v) is 5.34. The summed E-state index contributed by atoms with van der Waals surface area (Å²) < 4.78 is 0.729. The molecule has 0 heterocycles. The van der Waals surface area contributed by atoms with Crippen LogP contribution in [0.1, 0.15) is 6.42 Å². The summed E-state index contributed by atoms with van der Waals surface area (Å²) in [7, 11) is 0. The molecule has 0 aromatic heterocycles. The van der Waals surface area contributed by atoms with E-state index in [1.165, 1.54) is 0 Å². The molecule has 0 amide bonds. The van der Waals surface area contributed by atoms with Gasteiger partial charge in [0.2, 0.25) is 0 Å². The van der Waals surface area contributed by atoms with Gasteiger partial charge in [0.25, 0.3) is 0 Å². The first-order valence-corrected chi connectivity index (χ1v) is 4.20. The average Bonchev–Trinajstić information content (AvgIpc) is 2.37. The Balaban J connectivity index is 0.000000302. The molecule has 5 atom stereocenters. The zero-order chi connectivity index (χ0) is 5.09. The smallest absolute Gasteiger partial charge is 0.306 e. The SMILES string of the molecule is BrC12C3CC4[C-](C41)C32.[Li+]. The summed E-state index contributed by atoms with van der Waals surface area (Å²) in [6, 6.07) is 0. The third-order valence-electron chi connectivity index (χ3n) is 3.76. The predicted molar refractivity (Wildman–Crippen MR) is 33.5 cm³/mol. The fourth-order valence-corrected chi connectivity index (χ4v) is 4.94. The molecule has 5 rings (SSSR count). The second-order valence-electron chi connectivity index (χ2n) is 3.73. The van der Waals surface area contributed by atoms with E-state index in [9.17, 15) is 0 Å². The molecule has 5 aliphatic rings. The minimum absolute atomic E-state index is 0. The van der Waals surface area contributed by atoms with Gasteiger partial charge < -0.3 is 5.92 Å². The molecule has 2 heteroatoms. The van der Waals surface area contributed by atoms with Gasteiger partial charge in [-0.2, -0.15) is 11.8 Å². The molecule has 0 saturated heterocycles. The van der Waals surface area contributed by atoms with E-state index in [4.69, 9.17) is 0 Å². The van der Waals surface area contributed by atoms with Crippen molar-refractivity contribution in [3.63, 3.8) is 0 Å². The van der Waals surface area contributed by atoms with Crippen molar-refractivity contribution in [2.45, 2.75) is 10.7 Å². The van der Waals surface area contributed by atoms with Gasteiger partial charge in [-0.05, 0) is 4.32 Å². The van der Waals surface area contributed by atoms with Crippen LogP contribution < -0.4 is 18.9 Å². The van der Waals surface area contributed by atoms with E-state index in [0.717, 1.165) is 28.0 Å². The monoisotopic (exact) mass is 176 g/mol. The van der Waals surface area contributed by atoms with E-state index < -0.39 is 0 Å². The molecule has 0 aliphatic heterocycles. The molecule has 5 unspecified atom stereocenters. The molecule has 5 saturated carbocycles. The third kappa shape index (κ3) is 0.298. The van der Waals surface area contributed by atoms with Crippen molar-refractivity contribution in [1.29, 1.82) is 0 Å². The van der Waals surface area contributed by atoms with Crippen molar-refractivity contribution < 1.29 is 18.9 Å². The van der Waals surface area contributed by atoms with Crippen LogP contribution in [0.4, 0.5) is 0 Å². The molecule has 0 N–H and O–H groups in total. The van der Waals surface area contributed by atoms with Gasteiger partial charge >= 0.3 is 18.9 Å². The van der Waals surface area contributed by atoms with E-state index in [-0.39, 0.29) is 18.9 Å². The standard InChI is InChI=1S/C7H6Br.Li/c8-7-3-1-2-4(5(2)7)6(3)7;/h2-3,5-6H,1H2;/q-1;+1. The van der Waals surface area contributed by atoms with Gasteiger partial charge in [-0.1, -0.05) is 28.3 Å². The Hall–Kier alpha value is 1.08. The summed E-state index contributed by atoms with van der Waals surface area (Å²) in [5, 5.41) is 0. The van der Waals surface area contributed by atoms with Gasteiger partial charge in [0.15, 0.2) is 0 Å². The summed E-state index contributed by atoms with van der Waals surface area (Å²) in [6.45, 7) is 0. The molecule has 0 spiro atoms. The van der Waals surface area contributed by atoms with Gasteiger partial charge in [-0.25, -0.2) is 0 Å². The van der Waals surface area contributed by atoms with Crippen LogP contribution >= 0.6 is 15.9 Å². The van der Waals surface area contributed by atoms with E-state index in [1.807, 2.05) is 5.92 Å². The first-order chi connectivity index (χ1) is 3.85. The fraction of sp³-hybridized carbons (Fsp3) is 0.857. The molecule has 0 nitrogen and oxygen atoms in total. The zero-order valence-corrected chi connectivity index (χ0v) is 6.98. The van der Waals surface area contributed by atoms with Gasteiger partial charge in [0, 0.05) is 0 Å². The maximum Gasteiger partial charge on any atom is 1.00 e. The molecule has 9 heavy (non-hydrogen) atoms. The van der Waals surface area contributed by atoms with Crippen LogP contribution in [0, 0.1) is 29.6 Å². The number of halogens is 1. The van der Waals surface area contributed by atoms with E-state index in [1.54, 1.807) is 6.42 Å². The summed E-state index contributed by atoms with van der Waals surface area (Å²) in [4.78, 5) is 0. The second kappa shape index (κ2) is 1.11. The van der Waals surface area contributed by atoms with Crippen molar-refractivity contribution in [3.8, 4) is 0 Å². The normalized spacial score (nSPS) is 78.3. The summed E-state index contributed by atoms with van der Waals surface area (Å²) in [6.07, 6.45) is 1.55. The van der Waals surface area contributed by atoms with E-state index in [0.29, 0.717) is 0 Å². The molecule has 5 fully saturated rings. The molecule has 0 radical (unpaired) electrons. The summed E-state index contributed by atoms with van der Waals surface area (Å²) in [5.74, 6) is 6.39. The number of hydrogen-bond acceptors (Lipinski definition) is 0. The second-order valence-corrected chi connectivity index (χ2v) is 5.10. The van der Waals surface area contributed by atoms with Crippen molar-refractivity contribution >= 4 is 15.9 Å². The number of rotatable bonds is 0. The fourth-order valence-electron chi connectivity index (χ4n) is 3.45. The molecule has 0 aromatic rings. The first kappa shape index (κ1) is 5.69. The van der Waals surface area contributed by atoms with Crippen LogP contribution in [-0.4, -0.2) is 4.32 Å². The minimum atomic E-state index is 0. The molecule has 42 valence electrons. The van der Waals surface area contributed by atoms with Crippen LogP contribution in [0.2, 0.25) is 0 Å². The van der Waals surface area contributed by atoms with E-state index >= 15 is 0 Å². The molecule has 2 bridgehead atoms. The van der Waals surface area contributed by atoms with Gasteiger partial charge in [0.1, 0.15) is 0 Å². The topological polar surface area (TPSA) is 0 Å². The van der Waals surface area contributed by atoms with Gasteiger partial charge in [-0.3, -0.25) is 0 Å². The van der Waals surface area contributed by atoms with Crippen LogP contribution in [0.25, 0.3) is 0 Å². The Bertz CT molecular complexity index is 184. The zero-order valence-electron chi connectivity index (χ0n) is 5.39. The Morgan fingerprint density at radius 3 is 2.33 bits per heavy atom. The Labute approximate surface area is 75.1 Å². The van der Waals surface area contributed by atoms with Gasteiger partial charge in [-0.15, -0.1) is 5.92 Å². The Morgan fingerprint density at radius 2 is 2.22 bits per heavy atom. The van der Waals surface area contributed by atoms with Crippen molar-refractivity contribution in [2.75, 3.05) is 0 Å². The first-order valence-electron chi connectivity index (χ1n) is 3.40. The molecular formula is C7H6BrLi. The van der Waals surface area contributed by atoms with Crippen LogP contribution in [-0.2, 0) is 0 Å². The van der Waals surface area contributed by atoms with Gasteiger partial charge in [0.05, 0.1) is 0 Å². The number of alkyl halides is 1. The maximum atomic E-state index is 3.83. The summed E-state index contributed by atoms with van der Waals surface area (Å²) >= 11 is 3.83. The van der Waals surface area contributed by atoms with E-state index in [2.05, 4.69) is 15.9 Å². The summed E-state index contributed by atoms with van der Waals surface area (Å²) in [5.41, 5.74) is 0. The van der Waals surface area contributed by atoms with Crippen LogP contribution in [0.5, 0.6) is 0 Å². The number of hydrogen-bond donors (Lipinski definition) is 0. The van der Waals surface area contributed by atoms with Crippen LogP contribution in [0.15, 0.2) is 0 Å². The quantitative estimate of drug-likeness (QED) is 0.242. The average molecular weight is 177 g/mol. The Morgan fingerprint density at radius 1 is 1.44 bits per heavy atom. The molecule has 0 aromatic carbocycles. The van der Waals surface area contributed by atoms with Crippen molar-refractivity contribution in [1.82, 2.24) is 0 Å². The molecule has 5 aliphatic carbocycles. The van der Waals surface area contributed by atoms with Crippen molar-refractivity contribution in [2.24, 2.45) is 23.7 Å². The predicted octanol–water partition coefficient (Wildman–Crippen LogP) is -1.39. The van der Waals surface area contributed by atoms with Crippen molar-refractivity contribution in [3.05, 3.63) is 5.92 Å².